The molecule has 1 heterocycles. The van der Waals surface area contributed by atoms with Crippen molar-refractivity contribution in [1.29, 1.82) is 5.26 Å². The van der Waals surface area contributed by atoms with Gasteiger partial charge in [-0.3, -0.25) is 4.79 Å². The molecule has 4 N–H and O–H groups in total. The normalized spacial score (nSPS) is 10.5. The summed E-state index contributed by atoms with van der Waals surface area (Å²) in [6, 6.07) is 9.16. The van der Waals surface area contributed by atoms with E-state index < -0.39 is 0 Å². The number of rotatable bonds is 10. The van der Waals surface area contributed by atoms with Crippen LogP contribution in [0.1, 0.15) is 51.2 Å². The average molecular weight is 434 g/mol. The number of amides is 1. The molecule has 0 saturated heterocycles. The van der Waals surface area contributed by atoms with Crippen LogP contribution in [0.4, 0.5) is 17.5 Å². The van der Waals surface area contributed by atoms with Crippen LogP contribution in [0, 0.1) is 23.2 Å². The maximum atomic E-state index is 12.1. The van der Waals surface area contributed by atoms with E-state index in [0.717, 1.165) is 18.7 Å². The van der Waals surface area contributed by atoms with Gasteiger partial charge in [0.05, 0.1) is 23.4 Å². The summed E-state index contributed by atoms with van der Waals surface area (Å²) < 4.78 is 0. The van der Waals surface area contributed by atoms with Gasteiger partial charge in [-0.05, 0) is 51.6 Å². The lowest BCUT2D eigenvalue weighted by Gasteiger charge is -2.25. The lowest BCUT2D eigenvalue weighted by molar-refractivity contribution is -0.122. The number of nitrogens with zero attached hydrogens (tertiary/aromatic N) is 3. The molecule has 2 rings (SSSR count). The Morgan fingerprint density at radius 3 is 2.62 bits per heavy atom. The molecule has 8 nitrogen and oxygen atoms in total. The number of carbonyl (C=O) groups excluding carboxylic acids is 1. The number of hydrogen-bond acceptors (Lipinski definition) is 7. The van der Waals surface area contributed by atoms with Crippen molar-refractivity contribution in [2.24, 2.45) is 0 Å². The van der Waals surface area contributed by atoms with Crippen LogP contribution in [0.3, 0.4) is 0 Å². The molecule has 0 spiro atoms. The summed E-state index contributed by atoms with van der Waals surface area (Å²) in [6.45, 7) is 7.47. The van der Waals surface area contributed by atoms with Crippen LogP contribution in [0.2, 0.25) is 0 Å². The molecule has 0 fully saturated rings. The molecule has 0 atom stereocenters. The van der Waals surface area contributed by atoms with E-state index in [1.165, 1.54) is 0 Å². The van der Waals surface area contributed by atoms with Crippen LogP contribution in [0.5, 0.6) is 0 Å². The molecule has 0 aliphatic rings. The van der Waals surface area contributed by atoms with E-state index in [2.05, 4.69) is 56.1 Å². The molecular weight excluding hydrogens is 402 g/mol. The first-order chi connectivity index (χ1) is 15.4. The highest BCUT2D eigenvalue weighted by Gasteiger charge is 2.18. The Morgan fingerprint density at radius 2 is 1.97 bits per heavy atom. The van der Waals surface area contributed by atoms with Crippen molar-refractivity contribution in [1.82, 2.24) is 20.6 Å². The van der Waals surface area contributed by atoms with Crippen molar-refractivity contribution in [3.05, 3.63) is 41.6 Å². The SMILES string of the molecule is CCCNc1nc(Nc2ccc(C#N)cc2)ncc1C#CCCC(=O)NC(C)(C)CNC. The van der Waals surface area contributed by atoms with Crippen LogP contribution in [-0.4, -0.2) is 41.6 Å². The minimum atomic E-state index is -0.303. The van der Waals surface area contributed by atoms with Crippen molar-refractivity contribution >= 4 is 23.4 Å². The summed E-state index contributed by atoms with van der Waals surface area (Å²) in [5.41, 5.74) is 1.75. The molecule has 1 aromatic carbocycles. The van der Waals surface area contributed by atoms with Crippen LogP contribution in [0.25, 0.3) is 0 Å². The number of nitriles is 1. The van der Waals surface area contributed by atoms with Crippen molar-refractivity contribution < 1.29 is 4.79 Å². The first-order valence-corrected chi connectivity index (χ1v) is 10.7. The number of carbonyl (C=O) groups is 1. The molecule has 0 aliphatic heterocycles. The maximum Gasteiger partial charge on any atom is 0.229 e. The van der Waals surface area contributed by atoms with Crippen LogP contribution in [-0.2, 0) is 4.79 Å². The Bertz CT molecular complexity index is 998. The quantitative estimate of drug-likeness (QED) is 0.426. The Labute approximate surface area is 190 Å². The third kappa shape index (κ3) is 8.25. The summed E-state index contributed by atoms with van der Waals surface area (Å²) in [5, 5.41) is 21.4. The van der Waals surface area contributed by atoms with Crippen molar-refractivity contribution in [3.8, 4) is 17.9 Å². The molecule has 2 aromatic rings. The fraction of sp³-hybridized carbons (Fsp3) is 0.417. The molecular formula is C24H31N7O. The number of aromatic nitrogens is 2. The highest BCUT2D eigenvalue weighted by molar-refractivity contribution is 5.77. The lowest BCUT2D eigenvalue weighted by atomic mass is 10.1. The van der Waals surface area contributed by atoms with Crippen molar-refractivity contribution in [2.75, 3.05) is 30.8 Å². The second-order valence-corrected chi connectivity index (χ2v) is 7.96. The topological polar surface area (TPSA) is 115 Å². The number of anilines is 3. The fourth-order valence-corrected chi connectivity index (χ4v) is 2.93. The van der Waals surface area contributed by atoms with E-state index in [0.29, 0.717) is 42.3 Å². The largest absolute Gasteiger partial charge is 0.369 e. The third-order valence-electron chi connectivity index (χ3n) is 4.40. The first-order valence-electron chi connectivity index (χ1n) is 10.7. The van der Waals surface area contributed by atoms with Gasteiger partial charge in [-0.15, -0.1) is 0 Å². The minimum absolute atomic E-state index is 0.0258. The standard InChI is InChI=1S/C24H31N7O/c1-5-14-27-22-19(8-6-7-9-21(32)31-24(2,3)17-26-4)16-28-23(30-22)29-20-12-10-18(15-25)11-13-20/h10-13,16,26H,5,7,9,14,17H2,1-4H3,(H,31,32)(H2,27,28,29,30). The smallest absolute Gasteiger partial charge is 0.229 e. The van der Waals surface area contributed by atoms with Gasteiger partial charge >= 0.3 is 0 Å². The van der Waals surface area contributed by atoms with Gasteiger partial charge in [0.1, 0.15) is 5.82 Å². The van der Waals surface area contributed by atoms with Crippen LogP contribution in [0.15, 0.2) is 30.5 Å². The van der Waals surface area contributed by atoms with E-state index in [9.17, 15) is 4.79 Å². The van der Waals surface area contributed by atoms with E-state index in [1.54, 1.807) is 30.5 Å². The average Bonchev–Trinajstić information content (AvgIpc) is 2.76. The summed E-state index contributed by atoms with van der Waals surface area (Å²) >= 11 is 0. The number of benzene rings is 1. The van der Waals surface area contributed by atoms with Gasteiger partial charge in [-0.1, -0.05) is 18.8 Å². The molecule has 0 bridgehead atoms. The Balaban J connectivity index is 2.04. The summed E-state index contributed by atoms with van der Waals surface area (Å²) in [4.78, 5) is 21.0. The second-order valence-electron chi connectivity index (χ2n) is 7.96. The van der Waals surface area contributed by atoms with Crippen LogP contribution >= 0.6 is 0 Å². The van der Waals surface area contributed by atoms with Gasteiger partial charge < -0.3 is 21.3 Å². The van der Waals surface area contributed by atoms with Crippen molar-refractivity contribution in [2.45, 2.75) is 45.6 Å². The van der Waals surface area contributed by atoms with E-state index in [-0.39, 0.29) is 11.4 Å². The predicted molar refractivity (Wildman–Crippen MR) is 128 cm³/mol. The van der Waals surface area contributed by atoms with Gasteiger partial charge in [0, 0.05) is 37.2 Å². The third-order valence-corrected chi connectivity index (χ3v) is 4.40. The molecule has 0 saturated carbocycles. The summed E-state index contributed by atoms with van der Waals surface area (Å²) in [5.74, 6) is 7.18. The molecule has 0 radical (unpaired) electrons. The molecule has 0 unspecified atom stereocenters. The first kappa shape index (κ1) is 24.6. The van der Waals surface area contributed by atoms with Crippen molar-refractivity contribution in [3.63, 3.8) is 0 Å². The van der Waals surface area contributed by atoms with E-state index in [1.807, 2.05) is 20.9 Å². The van der Waals surface area contributed by atoms with Gasteiger partial charge in [-0.2, -0.15) is 10.2 Å². The minimum Gasteiger partial charge on any atom is -0.369 e. The highest BCUT2D eigenvalue weighted by atomic mass is 16.1. The highest BCUT2D eigenvalue weighted by Crippen LogP contribution is 2.18. The van der Waals surface area contributed by atoms with E-state index in [4.69, 9.17) is 5.26 Å². The van der Waals surface area contributed by atoms with E-state index >= 15 is 0 Å². The molecule has 1 aromatic heterocycles. The zero-order chi connectivity index (χ0) is 23.4. The Kier molecular flexibility index (Phi) is 9.46. The zero-order valence-electron chi connectivity index (χ0n) is 19.2. The Morgan fingerprint density at radius 1 is 1.22 bits per heavy atom. The zero-order valence-corrected chi connectivity index (χ0v) is 19.2. The Hall–Kier alpha value is -3.62. The molecule has 8 heteroatoms. The maximum absolute atomic E-state index is 12.1. The van der Waals surface area contributed by atoms with Gasteiger partial charge in [0.15, 0.2) is 0 Å². The summed E-state index contributed by atoms with van der Waals surface area (Å²) in [7, 11) is 1.86. The predicted octanol–water partition coefficient (Wildman–Crippen LogP) is 3.16. The molecule has 168 valence electrons. The number of hydrogen-bond donors (Lipinski definition) is 4. The van der Waals surface area contributed by atoms with Gasteiger partial charge in [-0.25, -0.2) is 4.98 Å². The second kappa shape index (κ2) is 12.3. The lowest BCUT2D eigenvalue weighted by Crippen LogP contribution is -2.49. The monoisotopic (exact) mass is 433 g/mol. The molecule has 1 amide bonds. The van der Waals surface area contributed by atoms with Gasteiger partial charge in [0.2, 0.25) is 11.9 Å². The molecule has 0 aliphatic carbocycles. The number of nitrogens with one attached hydrogen (secondary N) is 4. The van der Waals surface area contributed by atoms with Crippen LogP contribution < -0.4 is 21.3 Å². The summed E-state index contributed by atoms with van der Waals surface area (Å²) in [6.07, 6.45) is 3.38. The number of likely N-dealkylation sites (N-methyl/N-ethyl adjacent to an activating group) is 1. The van der Waals surface area contributed by atoms with Gasteiger partial charge in [0.25, 0.3) is 0 Å². The molecule has 32 heavy (non-hydrogen) atoms. The fourth-order valence-electron chi connectivity index (χ4n) is 2.93.